The molecule has 1 amide bonds. The molecule has 0 aliphatic rings. The molecule has 0 radical (unpaired) electrons. The van der Waals surface area contributed by atoms with E-state index in [4.69, 9.17) is 16.3 Å². The van der Waals surface area contributed by atoms with E-state index in [2.05, 4.69) is 28.5 Å². The van der Waals surface area contributed by atoms with Gasteiger partial charge in [-0.1, -0.05) is 78.3 Å². The van der Waals surface area contributed by atoms with Crippen LogP contribution in [0.1, 0.15) is 17.2 Å². The molecule has 6 rings (SSSR count). The fourth-order valence-electron chi connectivity index (χ4n) is 4.94. The van der Waals surface area contributed by atoms with Crippen LogP contribution in [0, 0.1) is 0 Å². The van der Waals surface area contributed by atoms with E-state index in [1.807, 2.05) is 54.6 Å². The van der Waals surface area contributed by atoms with Crippen molar-refractivity contribution in [1.29, 1.82) is 0 Å². The van der Waals surface area contributed by atoms with Crippen LogP contribution in [0.5, 0.6) is 11.5 Å². The van der Waals surface area contributed by atoms with E-state index in [0.29, 0.717) is 27.2 Å². The number of amides is 1. The third-order valence-electron chi connectivity index (χ3n) is 6.69. The second-order valence-corrected chi connectivity index (χ2v) is 9.44. The highest BCUT2D eigenvalue weighted by Crippen LogP contribution is 2.41. The van der Waals surface area contributed by atoms with Crippen LogP contribution in [0.4, 0.5) is 0 Å². The van der Waals surface area contributed by atoms with E-state index in [1.54, 1.807) is 36.5 Å². The predicted octanol–water partition coefficient (Wildman–Crippen LogP) is 7.18. The molecule has 186 valence electrons. The number of nitrogens with one attached hydrogen (secondary N) is 1. The number of fused-ring (bicyclic) bond motifs is 4. The van der Waals surface area contributed by atoms with E-state index < -0.39 is 6.04 Å². The van der Waals surface area contributed by atoms with Gasteiger partial charge in [0.05, 0.1) is 11.1 Å². The van der Waals surface area contributed by atoms with Gasteiger partial charge in [-0.2, -0.15) is 0 Å². The summed E-state index contributed by atoms with van der Waals surface area (Å²) in [7, 11) is 0. The van der Waals surface area contributed by atoms with E-state index >= 15 is 0 Å². The molecule has 0 aliphatic heterocycles. The number of carbonyl (C=O) groups is 1. The summed E-state index contributed by atoms with van der Waals surface area (Å²) in [4.78, 5) is 17.6. The Kier molecular flexibility index (Phi) is 6.28. The van der Waals surface area contributed by atoms with Crippen LogP contribution in [-0.4, -0.2) is 22.6 Å². The minimum atomic E-state index is -0.722. The first-order chi connectivity index (χ1) is 18.6. The van der Waals surface area contributed by atoms with Gasteiger partial charge in [0.2, 0.25) is 0 Å². The molecule has 38 heavy (non-hydrogen) atoms. The lowest BCUT2D eigenvalue weighted by Gasteiger charge is -2.24. The lowest BCUT2D eigenvalue weighted by Crippen LogP contribution is -2.33. The summed E-state index contributed by atoms with van der Waals surface area (Å²) >= 11 is 6.67. The van der Waals surface area contributed by atoms with Crippen molar-refractivity contribution in [1.82, 2.24) is 10.3 Å². The maximum Gasteiger partial charge on any atom is 0.258 e. The number of hydrogen-bond donors (Lipinski definition) is 2. The van der Waals surface area contributed by atoms with Crippen LogP contribution in [0.2, 0.25) is 5.02 Å². The summed E-state index contributed by atoms with van der Waals surface area (Å²) in [5, 5.41) is 19.7. The standard InChI is InChI=1S/C32H23ClN2O3/c33-28-18-27(32(37)31-25(28)15-8-16-34-31)30(35-29(36)19-38-21-10-2-1-3-11-21)26-17-20-9-4-5-12-22(20)23-13-6-7-14-24(23)26/h1-18,30,37H,19H2,(H,35,36). The number of rotatable bonds is 6. The topological polar surface area (TPSA) is 71.5 Å². The summed E-state index contributed by atoms with van der Waals surface area (Å²) in [6.45, 7) is -0.188. The molecule has 0 saturated carbocycles. The van der Waals surface area contributed by atoms with Gasteiger partial charge in [0.1, 0.15) is 17.0 Å². The number of aromatic hydroxyl groups is 1. The zero-order valence-corrected chi connectivity index (χ0v) is 21.0. The number of ether oxygens (including phenoxy) is 1. The Labute approximate surface area is 224 Å². The number of halogens is 1. The van der Waals surface area contributed by atoms with Crippen molar-refractivity contribution in [2.75, 3.05) is 6.61 Å². The third kappa shape index (κ3) is 4.38. The molecular formula is C32H23ClN2O3. The molecule has 5 nitrogen and oxygen atoms in total. The van der Waals surface area contributed by atoms with Crippen molar-refractivity contribution in [2.24, 2.45) is 0 Å². The Hall–Kier alpha value is -4.61. The molecule has 6 heteroatoms. The van der Waals surface area contributed by atoms with Crippen LogP contribution < -0.4 is 10.1 Å². The Bertz CT molecular complexity index is 1800. The molecule has 6 aromatic rings. The fraction of sp³-hybridized carbons (Fsp3) is 0.0625. The number of aromatic nitrogens is 1. The fourth-order valence-corrected chi connectivity index (χ4v) is 5.21. The zero-order chi connectivity index (χ0) is 26.1. The molecule has 0 bridgehead atoms. The number of para-hydroxylation sites is 1. The molecule has 5 aromatic carbocycles. The summed E-state index contributed by atoms with van der Waals surface area (Å²) < 4.78 is 5.71. The number of phenolic OH excluding ortho intramolecular Hbond substituents is 1. The number of hydrogen-bond acceptors (Lipinski definition) is 4. The largest absolute Gasteiger partial charge is 0.505 e. The Morgan fingerprint density at radius 2 is 1.50 bits per heavy atom. The highest BCUT2D eigenvalue weighted by atomic mass is 35.5. The summed E-state index contributed by atoms with van der Waals surface area (Å²) in [6.07, 6.45) is 1.61. The summed E-state index contributed by atoms with van der Waals surface area (Å²) in [6, 6.07) is 31.9. The maximum atomic E-state index is 13.3. The molecule has 1 aromatic heterocycles. The van der Waals surface area contributed by atoms with Gasteiger partial charge < -0.3 is 15.2 Å². The van der Waals surface area contributed by atoms with E-state index in [9.17, 15) is 9.90 Å². The Balaban J connectivity index is 1.52. The number of nitrogens with zero attached hydrogens (tertiary/aromatic N) is 1. The van der Waals surface area contributed by atoms with Crippen LogP contribution in [0.3, 0.4) is 0 Å². The van der Waals surface area contributed by atoms with Crippen molar-refractivity contribution in [3.63, 3.8) is 0 Å². The molecule has 1 atom stereocenters. The van der Waals surface area contributed by atoms with Crippen molar-refractivity contribution in [2.45, 2.75) is 6.04 Å². The zero-order valence-electron chi connectivity index (χ0n) is 20.3. The minimum absolute atomic E-state index is 0.0310. The molecule has 0 aliphatic carbocycles. The molecule has 0 spiro atoms. The quantitative estimate of drug-likeness (QED) is 0.229. The maximum absolute atomic E-state index is 13.3. The first-order valence-corrected chi connectivity index (χ1v) is 12.6. The number of benzene rings is 5. The van der Waals surface area contributed by atoms with Gasteiger partial charge in [0, 0.05) is 17.1 Å². The van der Waals surface area contributed by atoms with Gasteiger partial charge in [-0.25, -0.2) is 0 Å². The smallest absolute Gasteiger partial charge is 0.258 e. The van der Waals surface area contributed by atoms with E-state index in [0.717, 1.165) is 27.1 Å². The molecule has 0 saturated heterocycles. The van der Waals surface area contributed by atoms with Gasteiger partial charge in [0.15, 0.2) is 6.61 Å². The van der Waals surface area contributed by atoms with Crippen LogP contribution in [-0.2, 0) is 4.79 Å². The van der Waals surface area contributed by atoms with Crippen molar-refractivity contribution < 1.29 is 14.6 Å². The van der Waals surface area contributed by atoms with Gasteiger partial charge in [-0.3, -0.25) is 9.78 Å². The third-order valence-corrected chi connectivity index (χ3v) is 7.00. The number of carbonyl (C=O) groups excluding carboxylic acids is 1. The minimum Gasteiger partial charge on any atom is -0.505 e. The second kappa shape index (κ2) is 10.0. The first kappa shape index (κ1) is 23.8. The SMILES string of the molecule is O=C(COc1ccccc1)NC(c1cc(Cl)c2cccnc2c1O)c1cc2ccccc2c2ccccc12. The normalized spacial score (nSPS) is 12.0. The Morgan fingerprint density at radius 1 is 0.816 bits per heavy atom. The van der Waals surface area contributed by atoms with Crippen molar-refractivity contribution in [3.05, 3.63) is 125 Å². The monoisotopic (exact) mass is 518 g/mol. The molecule has 1 heterocycles. The first-order valence-electron chi connectivity index (χ1n) is 12.2. The lowest BCUT2D eigenvalue weighted by atomic mass is 9.89. The van der Waals surface area contributed by atoms with Gasteiger partial charge in [-0.05, 0) is 63.5 Å². The highest BCUT2D eigenvalue weighted by molar-refractivity contribution is 6.35. The Morgan fingerprint density at radius 3 is 2.32 bits per heavy atom. The van der Waals surface area contributed by atoms with Crippen molar-refractivity contribution in [3.8, 4) is 11.5 Å². The molecule has 0 fully saturated rings. The van der Waals surface area contributed by atoms with Crippen LogP contribution in [0.15, 0.2) is 109 Å². The van der Waals surface area contributed by atoms with Crippen LogP contribution >= 0.6 is 11.6 Å². The average Bonchev–Trinajstić information content (AvgIpc) is 2.97. The van der Waals surface area contributed by atoms with E-state index in [1.165, 1.54) is 0 Å². The van der Waals surface area contributed by atoms with Gasteiger partial charge in [0.25, 0.3) is 5.91 Å². The highest BCUT2D eigenvalue weighted by Gasteiger charge is 2.26. The molecule has 1 unspecified atom stereocenters. The molecular weight excluding hydrogens is 496 g/mol. The number of pyridine rings is 1. The predicted molar refractivity (Wildman–Crippen MR) is 152 cm³/mol. The summed E-state index contributed by atoms with van der Waals surface area (Å²) in [5.74, 6) is 0.223. The van der Waals surface area contributed by atoms with Crippen LogP contribution in [0.25, 0.3) is 32.4 Å². The van der Waals surface area contributed by atoms with Gasteiger partial charge >= 0.3 is 0 Å². The van der Waals surface area contributed by atoms with Crippen molar-refractivity contribution >= 4 is 50.0 Å². The average molecular weight is 519 g/mol. The number of phenols is 1. The summed E-state index contributed by atoms with van der Waals surface area (Å²) in [5.41, 5.74) is 1.66. The second-order valence-electron chi connectivity index (χ2n) is 9.03. The van der Waals surface area contributed by atoms with Gasteiger partial charge in [-0.15, -0.1) is 0 Å². The van der Waals surface area contributed by atoms with E-state index in [-0.39, 0.29) is 18.3 Å². The molecule has 2 N–H and O–H groups in total. The lowest BCUT2D eigenvalue weighted by molar-refractivity contribution is -0.123.